The largest absolute Gasteiger partial charge is 0.496 e. The van der Waals surface area contributed by atoms with Gasteiger partial charge in [0.1, 0.15) is 24.3 Å². The van der Waals surface area contributed by atoms with Crippen LogP contribution >= 0.6 is 11.8 Å². The standard InChI is InChI=1S/C21H25N5O5S/c1-29-13-4-2-3-5-15(13)32-9-14-17(27)18(28)21(31-14)26-11-24-16-19(22-10-23-20(16)26)25-12-6-7-30-8-12/h2-5,10-12,14,17-18,21,27-28H,6-9H2,1H3,(H,22,23,25)/t12-,14-,17-,18-,21-/m1/s1. The summed E-state index contributed by atoms with van der Waals surface area (Å²) in [6.45, 7) is 1.34. The number of anilines is 1. The molecule has 0 amide bonds. The Bertz CT molecular complexity index is 1080. The molecule has 5 atom stereocenters. The van der Waals surface area contributed by atoms with Crippen molar-refractivity contribution in [2.75, 3.05) is 31.4 Å². The van der Waals surface area contributed by atoms with Crippen molar-refractivity contribution in [3.05, 3.63) is 36.9 Å². The van der Waals surface area contributed by atoms with Gasteiger partial charge in [0.25, 0.3) is 0 Å². The number of ether oxygens (including phenoxy) is 3. The molecule has 2 fully saturated rings. The van der Waals surface area contributed by atoms with Crippen molar-refractivity contribution in [1.29, 1.82) is 0 Å². The molecular weight excluding hydrogens is 434 g/mol. The minimum atomic E-state index is -1.12. The van der Waals surface area contributed by atoms with Gasteiger partial charge in [0.05, 0.1) is 32.2 Å². The molecule has 4 heterocycles. The molecule has 0 unspecified atom stereocenters. The number of nitrogens with zero attached hydrogens (tertiary/aromatic N) is 4. The lowest BCUT2D eigenvalue weighted by Crippen LogP contribution is -2.32. The van der Waals surface area contributed by atoms with Crippen molar-refractivity contribution in [3.63, 3.8) is 0 Å². The Labute approximate surface area is 188 Å². The molecule has 0 aliphatic carbocycles. The molecule has 2 saturated heterocycles. The first kappa shape index (κ1) is 21.4. The highest BCUT2D eigenvalue weighted by Crippen LogP contribution is 2.36. The van der Waals surface area contributed by atoms with Crippen LogP contribution in [0.5, 0.6) is 5.75 Å². The minimum absolute atomic E-state index is 0.171. The van der Waals surface area contributed by atoms with Crippen LogP contribution in [-0.2, 0) is 9.47 Å². The predicted octanol–water partition coefficient (Wildman–Crippen LogP) is 1.45. The highest BCUT2D eigenvalue weighted by molar-refractivity contribution is 7.99. The summed E-state index contributed by atoms with van der Waals surface area (Å²) in [4.78, 5) is 14.0. The molecular formula is C21H25N5O5S. The first-order valence-electron chi connectivity index (χ1n) is 10.4. The number of nitrogens with one attached hydrogen (secondary N) is 1. The number of hydrogen-bond acceptors (Lipinski definition) is 10. The van der Waals surface area contributed by atoms with Crippen LogP contribution in [0.25, 0.3) is 11.2 Å². The second-order valence-electron chi connectivity index (χ2n) is 7.76. The van der Waals surface area contributed by atoms with Crippen molar-refractivity contribution in [1.82, 2.24) is 19.5 Å². The zero-order chi connectivity index (χ0) is 22.1. The fraction of sp³-hybridized carbons (Fsp3) is 0.476. The summed E-state index contributed by atoms with van der Waals surface area (Å²) >= 11 is 1.50. The number of aliphatic hydroxyl groups is 2. The summed E-state index contributed by atoms with van der Waals surface area (Å²) in [7, 11) is 1.62. The summed E-state index contributed by atoms with van der Waals surface area (Å²) in [5.41, 5.74) is 1.10. The number of imidazole rings is 1. The Hall–Kier alpha value is -2.44. The summed E-state index contributed by atoms with van der Waals surface area (Å²) < 4.78 is 18.5. The zero-order valence-electron chi connectivity index (χ0n) is 17.5. The van der Waals surface area contributed by atoms with Crippen molar-refractivity contribution in [2.24, 2.45) is 0 Å². The molecule has 32 heavy (non-hydrogen) atoms. The van der Waals surface area contributed by atoms with Crippen LogP contribution in [0, 0.1) is 0 Å². The van der Waals surface area contributed by atoms with Gasteiger partial charge < -0.3 is 29.7 Å². The molecule has 3 N–H and O–H groups in total. The Kier molecular flexibility index (Phi) is 6.15. The molecule has 0 bridgehead atoms. The van der Waals surface area contributed by atoms with Crippen molar-refractivity contribution in [2.45, 2.75) is 41.9 Å². The van der Waals surface area contributed by atoms with Crippen LogP contribution in [0.2, 0.25) is 0 Å². The third-order valence-electron chi connectivity index (χ3n) is 5.71. The van der Waals surface area contributed by atoms with Crippen LogP contribution in [0.1, 0.15) is 12.6 Å². The fourth-order valence-electron chi connectivity index (χ4n) is 3.99. The lowest BCUT2D eigenvalue weighted by atomic mass is 10.1. The average Bonchev–Trinajstić information content (AvgIpc) is 3.54. The number of aromatic nitrogens is 4. The van der Waals surface area contributed by atoms with Gasteiger partial charge in [0.2, 0.25) is 0 Å². The van der Waals surface area contributed by atoms with Gasteiger partial charge in [-0.1, -0.05) is 12.1 Å². The number of methoxy groups -OCH3 is 1. The van der Waals surface area contributed by atoms with Crippen LogP contribution in [0.3, 0.4) is 0 Å². The molecule has 2 aliphatic heterocycles. The van der Waals surface area contributed by atoms with E-state index in [1.54, 1.807) is 18.0 Å². The quantitative estimate of drug-likeness (QED) is 0.447. The first-order valence-corrected chi connectivity index (χ1v) is 11.4. The predicted molar refractivity (Wildman–Crippen MR) is 118 cm³/mol. The second kappa shape index (κ2) is 9.20. The zero-order valence-corrected chi connectivity index (χ0v) is 18.3. The molecule has 2 aliphatic rings. The Balaban J connectivity index is 1.33. The van der Waals surface area contributed by atoms with Gasteiger partial charge in [-0.25, -0.2) is 15.0 Å². The number of hydrogen-bond donors (Lipinski definition) is 3. The maximum absolute atomic E-state index is 10.7. The number of aliphatic hydroxyl groups excluding tert-OH is 2. The van der Waals surface area contributed by atoms with E-state index in [1.165, 1.54) is 18.1 Å². The second-order valence-corrected chi connectivity index (χ2v) is 8.82. The van der Waals surface area contributed by atoms with E-state index in [4.69, 9.17) is 14.2 Å². The number of rotatable bonds is 7. The van der Waals surface area contributed by atoms with E-state index in [9.17, 15) is 10.2 Å². The highest BCUT2D eigenvalue weighted by atomic mass is 32.2. The van der Waals surface area contributed by atoms with Crippen LogP contribution in [-0.4, -0.2) is 80.2 Å². The smallest absolute Gasteiger partial charge is 0.167 e. The number of fused-ring (bicyclic) bond motifs is 1. The van der Waals surface area contributed by atoms with E-state index < -0.39 is 24.5 Å². The number of benzene rings is 1. The SMILES string of the molecule is COc1ccccc1SC[C@H]1O[C@@H](n2cnc3c(N[C@@H]4CCOC4)ncnc32)[C@H](O)[C@@H]1O. The Morgan fingerprint density at radius 1 is 1.22 bits per heavy atom. The van der Waals surface area contributed by atoms with Gasteiger partial charge in [0, 0.05) is 17.3 Å². The van der Waals surface area contributed by atoms with E-state index >= 15 is 0 Å². The summed E-state index contributed by atoms with van der Waals surface area (Å²) in [6, 6.07) is 7.83. The molecule has 0 radical (unpaired) electrons. The molecule has 1 aromatic carbocycles. The van der Waals surface area contributed by atoms with E-state index in [-0.39, 0.29) is 6.04 Å². The van der Waals surface area contributed by atoms with E-state index in [0.717, 1.165) is 17.1 Å². The van der Waals surface area contributed by atoms with Crippen molar-refractivity contribution in [3.8, 4) is 5.75 Å². The van der Waals surface area contributed by atoms with Gasteiger partial charge in [0.15, 0.2) is 23.2 Å². The highest BCUT2D eigenvalue weighted by Gasteiger charge is 2.44. The lowest BCUT2D eigenvalue weighted by molar-refractivity contribution is -0.0289. The summed E-state index contributed by atoms with van der Waals surface area (Å²) in [6.07, 6.45) is 0.361. The van der Waals surface area contributed by atoms with Crippen molar-refractivity contribution >= 4 is 28.7 Å². The molecule has 11 heteroatoms. The van der Waals surface area contributed by atoms with E-state index in [0.29, 0.717) is 35.9 Å². The minimum Gasteiger partial charge on any atom is -0.496 e. The molecule has 5 rings (SSSR count). The molecule has 0 spiro atoms. The maximum Gasteiger partial charge on any atom is 0.167 e. The third-order valence-corrected chi connectivity index (χ3v) is 6.86. The average molecular weight is 460 g/mol. The molecule has 10 nitrogen and oxygen atoms in total. The molecule has 3 aromatic rings. The lowest BCUT2D eigenvalue weighted by Gasteiger charge is -2.17. The monoisotopic (exact) mass is 459 g/mol. The third kappa shape index (κ3) is 4.02. The molecule has 170 valence electrons. The molecule has 0 saturated carbocycles. The fourth-order valence-corrected chi connectivity index (χ4v) is 5.08. The van der Waals surface area contributed by atoms with E-state index in [2.05, 4.69) is 20.3 Å². The Morgan fingerprint density at radius 2 is 2.09 bits per heavy atom. The van der Waals surface area contributed by atoms with Gasteiger partial charge in [-0.05, 0) is 18.6 Å². The van der Waals surface area contributed by atoms with Gasteiger partial charge in [-0.3, -0.25) is 4.57 Å². The van der Waals surface area contributed by atoms with Gasteiger partial charge >= 0.3 is 0 Å². The first-order chi connectivity index (χ1) is 15.7. The topological polar surface area (TPSA) is 124 Å². The van der Waals surface area contributed by atoms with Gasteiger partial charge in [-0.15, -0.1) is 11.8 Å². The van der Waals surface area contributed by atoms with E-state index in [1.807, 2.05) is 24.3 Å². The van der Waals surface area contributed by atoms with Crippen LogP contribution < -0.4 is 10.1 Å². The number of para-hydroxylation sites is 1. The van der Waals surface area contributed by atoms with Crippen LogP contribution in [0.15, 0.2) is 41.8 Å². The van der Waals surface area contributed by atoms with Gasteiger partial charge in [-0.2, -0.15) is 0 Å². The Morgan fingerprint density at radius 3 is 2.91 bits per heavy atom. The molecule has 2 aromatic heterocycles. The maximum atomic E-state index is 10.7. The number of thioether (sulfide) groups is 1. The summed E-state index contributed by atoms with van der Waals surface area (Å²) in [5, 5.41) is 24.7. The van der Waals surface area contributed by atoms with Crippen LogP contribution in [0.4, 0.5) is 5.82 Å². The summed E-state index contributed by atoms with van der Waals surface area (Å²) in [5.74, 6) is 1.82. The normalized spacial score (nSPS) is 27.8. The van der Waals surface area contributed by atoms with Crippen molar-refractivity contribution < 1.29 is 24.4 Å².